The van der Waals surface area contributed by atoms with Gasteiger partial charge < -0.3 is 29.4 Å². The molecule has 0 heterocycles. The fourth-order valence-corrected chi connectivity index (χ4v) is 3.68. The van der Waals surface area contributed by atoms with Crippen molar-refractivity contribution in [1.29, 1.82) is 0 Å². The Bertz CT molecular complexity index is 869. The minimum absolute atomic E-state index is 0.00185. The number of hydrogen-bond donors (Lipinski definition) is 2. The first-order chi connectivity index (χ1) is 15.5. The average molecular weight is 443 g/mol. The van der Waals surface area contributed by atoms with E-state index in [0.717, 1.165) is 22.3 Å². The van der Waals surface area contributed by atoms with Gasteiger partial charge in [-0.25, -0.2) is 9.59 Å². The monoisotopic (exact) mass is 443 g/mol. The molecule has 0 bridgehead atoms. The van der Waals surface area contributed by atoms with Gasteiger partial charge in [0.15, 0.2) is 6.04 Å². The minimum atomic E-state index is -1.25. The largest absolute Gasteiger partial charge is 0.462 e. The number of benzene rings is 2. The number of carbonyl (C=O) groups excluding carboxylic acids is 2. The zero-order chi connectivity index (χ0) is 22.9. The molecule has 0 saturated carbocycles. The summed E-state index contributed by atoms with van der Waals surface area (Å²) in [6.45, 7) is 2.50. The maximum Gasteiger partial charge on any atom is 0.407 e. The van der Waals surface area contributed by atoms with Crippen LogP contribution in [0, 0.1) is 0 Å². The standard InChI is InChI=1S/C24H29NO7/c1-16(26)22(23(27)31-14-13-30-12-11-29-2)25-24(28)32-15-21-19-9-5-3-7-17(19)18-8-4-6-10-20(18)21/h3-10,16,21-22,26H,11-15H2,1-2H3,(H,25,28)/t16?,22-/m0/s1. The van der Waals surface area contributed by atoms with E-state index < -0.39 is 24.2 Å². The third-order valence-electron chi connectivity index (χ3n) is 5.26. The molecule has 0 aliphatic heterocycles. The molecule has 32 heavy (non-hydrogen) atoms. The second-order valence-corrected chi connectivity index (χ2v) is 7.46. The van der Waals surface area contributed by atoms with Crippen LogP contribution >= 0.6 is 0 Å². The second kappa shape index (κ2) is 11.6. The molecule has 172 valence electrons. The summed E-state index contributed by atoms with van der Waals surface area (Å²) in [5.74, 6) is -0.863. The summed E-state index contributed by atoms with van der Waals surface area (Å²) in [6.07, 6.45) is -1.96. The van der Waals surface area contributed by atoms with Gasteiger partial charge in [0.2, 0.25) is 0 Å². The van der Waals surface area contributed by atoms with Crippen LogP contribution in [-0.4, -0.2) is 69.5 Å². The molecule has 0 fully saturated rings. The lowest BCUT2D eigenvalue weighted by Gasteiger charge is -2.21. The number of alkyl carbamates (subject to hydrolysis) is 1. The highest BCUT2D eigenvalue weighted by Crippen LogP contribution is 2.44. The number of methoxy groups -OCH3 is 1. The lowest BCUT2D eigenvalue weighted by Crippen LogP contribution is -2.49. The van der Waals surface area contributed by atoms with E-state index in [2.05, 4.69) is 5.32 Å². The number of ether oxygens (including phenoxy) is 4. The Balaban J connectivity index is 1.53. The zero-order valence-electron chi connectivity index (χ0n) is 18.3. The number of esters is 1. The Morgan fingerprint density at radius 2 is 1.53 bits per heavy atom. The van der Waals surface area contributed by atoms with Gasteiger partial charge in [-0.15, -0.1) is 0 Å². The lowest BCUT2D eigenvalue weighted by atomic mass is 9.98. The highest BCUT2D eigenvalue weighted by Gasteiger charge is 2.31. The topological polar surface area (TPSA) is 103 Å². The molecular weight excluding hydrogens is 414 g/mol. The smallest absolute Gasteiger partial charge is 0.407 e. The third-order valence-corrected chi connectivity index (χ3v) is 5.26. The van der Waals surface area contributed by atoms with Crippen molar-refractivity contribution in [3.05, 3.63) is 59.7 Å². The van der Waals surface area contributed by atoms with Crippen molar-refractivity contribution in [2.24, 2.45) is 0 Å². The van der Waals surface area contributed by atoms with E-state index in [1.807, 2.05) is 48.5 Å². The van der Waals surface area contributed by atoms with Gasteiger partial charge in [-0.1, -0.05) is 48.5 Å². The summed E-state index contributed by atoms with van der Waals surface area (Å²) in [5.41, 5.74) is 4.41. The van der Waals surface area contributed by atoms with Crippen LogP contribution in [0.25, 0.3) is 11.1 Å². The quantitative estimate of drug-likeness (QED) is 0.406. The summed E-state index contributed by atoms with van der Waals surface area (Å²) in [5, 5.41) is 12.3. The van der Waals surface area contributed by atoms with E-state index in [9.17, 15) is 14.7 Å². The van der Waals surface area contributed by atoms with E-state index in [-0.39, 0.29) is 25.7 Å². The molecule has 3 rings (SSSR count). The van der Waals surface area contributed by atoms with E-state index in [0.29, 0.717) is 13.2 Å². The van der Waals surface area contributed by atoms with Crippen LogP contribution in [0.3, 0.4) is 0 Å². The number of aliphatic hydroxyl groups is 1. The number of carbonyl (C=O) groups is 2. The van der Waals surface area contributed by atoms with Gasteiger partial charge in [-0.3, -0.25) is 0 Å². The van der Waals surface area contributed by atoms with Gasteiger partial charge in [0.1, 0.15) is 13.2 Å². The number of fused-ring (bicyclic) bond motifs is 3. The maximum absolute atomic E-state index is 12.4. The lowest BCUT2D eigenvalue weighted by molar-refractivity contribution is -0.150. The van der Waals surface area contributed by atoms with Crippen LogP contribution < -0.4 is 5.32 Å². The average Bonchev–Trinajstić information content (AvgIpc) is 3.12. The van der Waals surface area contributed by atoms with Gasteiger partial charge >= 0.3 is 12.1 Å². The third kappa shape index (κ3) is 5.85. The molecule has 1 aliphatic rings. The highest BCUT2D eigenvalue weighted by molar-refractivity contribution is 5.82. The van der Waals surface area contributed by atoms with Crippen LogP contribution in [-0.2, 0) is 23.7 Å². The van der Waals surface area contributed by atoms with E-state index in [1.165, 1.54) is 6.92 Å². The van der Waals surface area contributed by atoms with Crippen molar-refractivity contribution < 1.29 is 33.6 Å². The second-order valence-electron chi connectivity index (χ2n) is 7.46. The van der Waals surface area contributed by atoms with Gasteiger partial charge in [0.25, 0.3) is 0 Å². The maximum atomic E-state index is 12.4. The SMILES string of the molecule is COCCOCCOC(=O)[C@@H](NC(=O)OCC1c2ccccc2-c2ccccc21)C(C)O. The Morgan fingerprint density at radius 1 is 0.938 bits per heavy atom. The summed E-state index contributed by atoms with van der Waals surface area (Å²) in [6, 6.07) is 14.8. The molecular formula is C24H29NO7. The molecule has 0 radical (unpaired) electrons. The summed E-state index contributed by atoms with van der Waals surface area (Å²) in [4.78, 5) is 24.7. The number of hydrogen-bond acceptors (Lipinski definition) is 7. The molecule has 0 saturated heterocycles. The Morgan fingerprint density at radius 3 is 2.12 bits per heavy atom. The number of nitrogens with one attached hydrogen (secondary N) is 1. The van der Waals surface area contributed by atoms with Gasteiger partial charge in [-0.05, 0) is 29.2 Å². The van der Waals surface area contributed by atoms with E-state index in [1.54, 1.807) is 7.11 Å². The highest BCUT2D eigenvalue weighted by atomic mass is 16.6. The molecule has 0 spiro atoms. The molecule has 0 aromatic heterocycles. The molecule has 1 unspecified atom stereocenters. The molecule has 1 amide bonds. The minimum Gasteiger partial charge on any atom is -0.462 e. The summed E-state index contributed by atoms with van der Waals surface area (Å²) >= 11 is 0. The zero-order valence-corrected chi connectivity index (χ0v) is 18.3. The van der Waals surface area contributed by atoms with Crippen LogP contribution in [0.5, 0.6) is 0 Å². The first-order valence-corrected chi connectivity index (χ1v) is 10.6. The Labute approximate surface area is 187 Å². The van der Waals surface area contributed by atoms with Crippen LogP contribution in [0.2, 0.25) is 0 Å². The molecule has 8 heteroatoms. The molecule has 2 aromatic carbocycles. The van der Waals surface area contributed by atoms with Crippen molar-refractivity contribution in [3.8, 4) is 11.1 Å². The van der Waals surface area contributed by atoms with Gasteiger partial charge in [0, 0.05) is 13.0 Å². The van der Waals surface area contributed by atoms with Crippen LogP contribution in [0.15, 0.2) is 48.5 Å². The summed E-state index contributed by atoms with van der Waals surface area (Å²) < 4.78 is 20.6. The van der Waals surface area contributed by atoms with Gasteiger partial charge in [-0.2, -0.15) is 0 Å². The van der Waals surface area contributed by atoms with Crippen molar-refractivity contribution in [2.45, 2.75) is 25.0 Å². The predicted molar refractivity (Wildman–Crippen MR) is 117 cm³/mol. The number of amides is 1. The predicted octanol–water partition coefficient (Wildman–Crippen LogP) is 2.48. The molecule has 2 atom stereocenters. The molecule has 2 aromatic rings. The molecule has 1 aliphatic carbocycles. The van der Waals surface area contributed by atoms with Crippen molar-refractivity contribution in [3.63, 3.8) is 0 Å². The van der Waals surface area contributed by atoms with Crippen LogP contribution in [0.4, 0.5) is 4.79 Å². The number of aliphatic hydroxyl groups excluding tert-OH is 1. The Kier molecular flexibility index (Phi) is 8.61. The van der Waals surface area contributed by atoms with Crippen LogP contribution in [0.1, 0.15) is 24.0 Å². The molecule has 2 N–H and O–H groups in total. The van der Waals surface area contributed by atoms with Crippen molar-refractivity contribution in [1.82, 2.24) is 5.32 Å². The number of rotatable bonds is 11. The van der Waals surface area contributed by atoms with Crippen molar-refractivity contribution >= 4 is 12.1 Å². The Hall–Kier alpha value is -2.94. The first kappa shape index (κ1) is 23.7. The molecule has 8 nitrogen and oxygen atoms in total. The fraction of sp³-hybridized carbons (Fsp3) is 0.417. The van der Waals surface area contributed by atoms with Gasteiger partial charge in [0.05, 0.1) is 25.9 Å². The van der Waals surface area contributed by atoms with Crippen molar-refractivity contribution in [2.75, 3.05) is 40.1 Å². The van der Waals surface area contributed by atoms with E-state index in [4.69, 9.17) is 18.9 Å². The normalized spacial score (nSPS) is 14.2. The fourth-order valence-electron chi connectivity index (χ4n) is 3.68. The van der Waals surface area contributed by atoms with E-state index >= 15 is 0 Å². The summed E-state index contributed by atoms with van der Waals surface area (Å²) in [7, 11) is 1.56. The first-order valence-electron chi connectivity index (χ1n) is 10.6.